The van der Waals surface area contributed by atoms with E-state index < -0.39 is 0 Å². The molecule has 0 spiro atoms. The van der Waals surface area contributed by atoms with Crippen molar-refractivity contribution in [3.63, 3.8) is 0 Å². The van der Waals surface area contributed by atoms with Gasteiger partial charge in [0.25, 0.3) is 0 Å². The number of hydrogen-bond donors (Lipinski definition) is 1. The summed E-state index contributed by atoms with van der Waals surface area (Å²) >= 11 is 0. The lowest BCUT2D eigenvalue weighted by molar-refractivity contribution is 0.770. The molecule has 0 atom stereocenters. The molecule has 2 heteroatoms. The topological polar surface area (TPSA) is 24.4 Å². The van der Waals surface area contributed by atoms with Gasteiger partial charge in [-0.25, -0.2) is 0 Å². The Labute approximate surface area is 69.4 Å². The smallest absolute Gasteiger partial charge is 0.0330 e. The summed E-state index contributed by atoms with van der Waals surface area (Å²) in [5, 5.41) is 3.28. The molecule has 0 aromatic heterocycles. The Morgan fingerprint density at radius 1 is 1.45 bits per heavy atom. The SMILES string of the molecule is CCCNC(C)=CC(C)=NC. The summed E-state index contributed by atoms with van der Waals surface area (Å²) in [7, 11) is 1.80. The highest BCUT2D eigenvalue weighted by Crippen LogP contribution is 1.88. The summed E-state index contributed by atoms with van der Waals surface area (Å²) in [5.74, 6) is 0. The minimum Gasteiger partial charge on any atom is -0.389 e. The van der Waals surface area contributed by atoms with E-state index in [0.717, 1.165) is 18.7 Å². The van der Waals surface area contributed by atoms with Gasteiger partial charge in [-0.1, -0.05) is 6.92 Å². The monoisotopic (exact) mass is 154 g/mol. The van der Waals surface area contributed by atoms with Crippen LogP contribution in [-0.4, -0.2) is 19.3 Å². The molecule has 0 fully saturated rings. The van der Waals surface area contributed by atoms with Crippen LogP contribution in [0.4, 0.5) is 0 Å². The van der Waals surface area contributed by atoms with Crippen LogP contribution in [0.15, 0.2) is 16.8 Å². The molecule has 0 saturated heterocycles. The standard InChI is InChI=1S/C9H18N2/c1-5-6-11-9(3)7-8(2)10-4/h7,11H,5-6H2,1-4H3. The lowest BCUT2D eigenvalue weighted by Crippen LogP contribution is -2.12. The van der Waals surface area contributed by atoms with Gasteiger partial charge in [0.1, 0.15) is 0 Å². The van der Waals surface area contributed by atoms with Crippen LogP contribution in [0.3, 0.4) is 0 Å². The van der Waals surface area contributed by atoms with Crippen molar-refractivity contribution >= 4 is 5.71 Å². The molecule has 0 aliphatic rings. The van der Waals surface area contributed by atoms with Gasteiger partial charge in [-0.2, -0.15) is 0 Å². The minimum atomic E-state index is 1.04. The molecule has 0 radical (unpaired) electrons. The van der Waals surface area contributed by atoms with E-state index in [4.69, 9.17) is 0 Å². The molecule has 2 nitrogen and oxygen atoms in total. The summed E-state index contributed by atoms with van der Waals surface area (Å²) in [6.07, 6.45) is 3.21. The largest absolute Gasteiger partial charge is 0.389 e. The van der Waals surface area contributed by atoms with Gasteiger partial charge in [0.2, 0.25) is 0 Å². The second kappa shape index (κ2) is 5.96. The maximum absolute atomic E-state index is 4.04. The van der Waals surface area contributed by atoms with E-state index in [1.165, 1.54) is 5.70 Å². The van der Waals surface area contributed by atoms with Gasteiger partial charge in [0.15, 0.2) is 0 Å². The molecule has 0 heterocycles. The second-order valence-electron chi connectivity index (χ2n) is 2.62. The van der Waals surface area contributed by atoms with Gasteiger partial charge >= 0.3 is 0 Å². The van der Waals surface area contributed by atoms with Crippen LogP contribution >= 0.6 is 0 Å². The first-order chi connectivity index (χ1) is 5.20. The van der Waals surface area contributed by atoms with Crippen molar-refractivity contribution < 1.29 is 0 Å². The molecule has 0 aliphatic heterocycles. The molecule has 11 heavy (non-hydrogen) atoms. The number of nitrogens with one attached hydrogen (secondary N) is 1. The third-order valence-corrected chi connectivity index (χ3v) is 1.43. The van der Waals surface area contributed by atoms with Gasteiger partial charge in [-0.05, 0) is 26.3 Å². The zero-order valence-corrected chi connectivity index (χ0v) is 7.94. The van der Waals surface area contributed by atoms with Gasteiger partial charge in [-0.3, -0.25) is 4.99 Å². The van der Waals surface area contributed by atoms with Crippen molar-refractivity contribution in [2.75, 3.05) is 13.6 Å². The number of allylic oxidation sites excluding steroid dienone is 2. The molecule has 0 aromatic rings. The summed E-state index contributed by atoms with van der Waals surface area (Å²) in [6, 6.07) is 0. The highest BCUT2D eigenvalue weighted by atomic mass is 14.9. The first-order valence-electron chi connectivity index (χ1n) is 4.06. The zero-order chi connectivity index (χ0) is 8.69. The van der Waals surface area contributed by atoms with Crippen LogP contribution in [-0.2, 0) is 0 Å². The molecular formula is C9H18N2. The van der Waals surface area contributed by atoms with E-state index in [9.17, 15) is 0 Å². The van der Waals surface area contributed by atoms with Crippen molar-refractivity contribution in [3.8, 4) is 0 Å². The molecule has 0 unspecified atom stereocenters. The fourth-order valence-electron chi connectivity index (χ4n) is 0.751. The predicted molar refractivity (Wildman–Crippen MR) is 51.1 cm³/mol. The predicted octanol–water partition coefficient (Wildman–Crippen LogP) is 1.98. The first-order valence-corrected chi connectivity index (χ1v) is 4.06. The molecule has 1 N–H and O–H groups in total. The molecular weight excluding hydrogens is 136 g/mol. The number of hydrogen-bond acceptors (Lipinski definition) is 2. The van der Waals surface area contributed by atoms with Gasteiger partial charge in [0, 0.05) is 25.0 Å². The Morgan fingerprint density at radius 3 is 2.55 bits per heavy atom. The van der Waals surface area contributed by atoms with Crippen LogP contribution < -0.4 is 5.32 Å². The van der Waals surface area contributed by atoms with Crippen molar-refractivity contribution in [2.24, 2.45) is 4.99 Å². The van der Waals surface area contributed by atoms with Crippen LogP contribution in [0.25, 0.3) is 0 Å². The average molecular weight is 154 g/mol. The summed E-state index contributed by atoms with van der Waals surface area (Å²) in [6.45, 7) is 7.25. The van der Waals surface area contributed by atoms with Crippen molar-refractivity contribution in [2.45, 2.75) is 27.2 Å². The quantitative estimate of drug-likeness (QED) is 0.615. The third kappa shape index (κ3) is 5.64. The molecule has 64 valence electrons. The number of nitrogens with zero attached hydrogens (tertiary/aromatic N) is 1. The fraction of sp³-hybridized carbons (Fsp3) is 0.667. The summed E-state index contributed by atoms with van der Waals surface area (Å²) in [5.41, 5.74) is 2.25. The highest BCUT2D eigenvalue weighted by Gasteiger charge is 1.86. The van der Waals surface area contributed by atoms with E-state index in [-0.39, 0.29) is 0 Å². The summed E-state index contributed by atoms with van der Waals surface area (Å²) in [4.78, 5) is 4.04. The van der Waals surface area contributed by atoms with Crippen LogP contribution in [0.2, 0.25) is 0 Å². The zero-order valence-electron chi connectivity index (χ0n) is 7.94. The molecule has 0 saturated carbocycles. The Bertz CT molecular complexity index is 157. The first kappa shape index (κ1) is 10.2. The lowest BCUT2D eigenvalue weighted by Gasteiger charge is -2.03. The van der Waals surface area contributed by atoms with Crippen molar-refractivity contribution in [3.05, 3.63) is 11.8 Å². The second-order valence-corrected chi connectivity index (χ2v) is 2.62. The fourth-order valence-corrected chi connectivity index (χ4v) is 0.751. The minimum absolute atomic E-state index is 1.04. The van der Waals surface area contributed by atoms with Crippen molar-refractivity contribution in [1.29, 1.82) is 0 Å². The maximum atomic E-state index is 4.04. The van der Waals surface area contributed by atoms with E-state index in [0.29, 0.717) is 0 Å². The number of aliphatic imine (C=N–C) groups is 1. The van der Waals surface area contributed by atoms with Crippen molar-refractivity contribution in [1.82, 2.24) is 5.32 Å². The lowest BCUT2D eigenvalue weighted by atomic mass is 10.3. The van der Waals surface area contributed by atoms with E-state index in [2.05, 4.69) is 30.2 Å². The van der Waals surface area contributed by atoms with E-state index in [1.54, 1.807) is 7.05 Å². The Kier molecular flexibility index (Phi) is 5.53. The Morgan fingerprint density at radius 2 is 2.09 bits per heavy atom. The third-order valence-electron chi connectivity index (χ3n) is 1.43. The van der Waals surface area contributed by atoms with Crippen LogP contribution in [0.5, 0.6) is 0 Å². The van der Waals surface area contributed by atoms with E-state index >= 15 is 0 Å². The van der Waals surface area contributed by atoms with Crippen LogP contribution in [0, 0.1) is 0 Å². The molecule has 0 rings (SSSR count). The van der Waals surface area contributed by atoms with E-state index in [1.807, 2.05) is 6.92 Å². The summed E-state index contributed by atoms with van der Waals surface area (Å²) < 4.78 is 0. The van der Waals surface area contributed by atoms with Crippen LogP contribution in [0.1, 0.15) is 27.2 Å². The number of rotatable bonds is 4. The van der Waals surface area contributed by atoms with Gasteiger partial charge < -0.3 is 5.32 Å². The maximum Gasteiger partial charge on any atom is 0.0330 e. The molecule has 0 amide bonds. The Hall–Kier alpha value is -0.790. The molecule has 0 aromatic carbocycles. The average Bonchev–Trinajstić information content (AvgIpc) is 2.00. The normalized spacial score (nSPS) is 13.5. The highest BCUT2D eigenvalue weighted by molar-refractivity contribution is 5.93. The van der Waals surface area contributed by atoms with Gasteiger partial charge in [-0.15, -0.1) is 0 Å². The molecule has 0 bridgehead atoms. The molecule has 0 aliphatic carbocycles. The Balaban J connectivity index is 3.80. The van der Waals surface area contributed by atoms with Gasteiger partial charge in [0.05, 0.1) is 0 Å².